The Hall–Kier alpha value is -3.70. The third-order valence-corrected chi connectivity index (χ3v) is 8.37. The summed E-state index contributed by atoms with van der Waals surface area (Å²) in [5.41, 5.74) is 17.6. The molecule has 206 valence electrons. The van der Waals surface area contributed by atoms with Crippen molar-refractivity contribution < 1.29 is 9.26 Å². The van der Waals surface area contributed by atoms with Crippen LogP contribution in [0.2, 0.25) is 0 Å². The zero-order valence-electron chi connectivity index (χ0n) is 22.9. The van der Waals surface area contributed by atoms with Gasteiger partial charge in [0.05, 0.1) is 29.9 Å². The lowest BCUT2D eigenvalue weighted by atomic mass is 9.90. The Balaban J connectivity index is 1.31. The van der Waals surface area contributed by atoms with Crippen molar-refractivity contribution in [3.8, 4) is 17.0 Å². The third kappa shape index (κ3) is 4.80. The molecule has 1 aliphatic heterocycles. The van der Waals surface area contributed by atoms with E-state index >= 15 is 0 Å². The third-order valence-electron chi connectivity index (χ3n) is 8.37. The number of anilines is 2. The molecule has 39 heavy (non-hydrogen) atoms. The van der Waals surface area contributed by atoms with Gasteiger partial charge in [-0.15, -0.1) is 0 Å². The number of aromatic nitrogens is 5. The molecule has 0 spiro atoms. The lowest BCUT2D eigenvalue weighted by Crippen LogP contribution is -2.49. The van der Waals surface area contributed by atoms with Gasteiger partial charge in [0, 0.05) is 55.8 Å². The predicted molar refractivity (Wildman–Crippen MR) is 151 cm³/mol. The minimum absolute atomic E-state index is 0.247. The van der Waals surface area contributed by atoms with E-state index in [1.807, 2.05) is 25.1 Å². The van der Waals surface area contributed by atoms with Crippen molar-refractivity contribution in [2.24, 2.45) is 0 Å². The second kappa shape index (κ2) is 10.5. The largest absolute Gasteiger partial charge is 0.494 e. The van der Waals surface area contributed by atoms with E-state index < -0.39 is 0 Å². The molecule has 1 aliphatic carbocycles. The molecule has 4 N–H and O–H groups in total. The summed E-state index contributed by atoms with van der Waals surface area (Å²) in [6, 6.07) is 6.77. The lowest BCUT2D eigenvalue weighted by Gasteiger charge is -2.41. The first kappa shape index (κ1) is 25.6. The molecule has 4 heterocycles. The van der Waals surface area contributed by atoms with Crippen molar-refractivity contribution in [2.75, 3.05) is 51.8 Å². The number of hydrogen-bond donors (Lipinski definition) is 2. The van der Waals surface area contributed by atoms with Gasteiger partial charge in [-0.2, -0.15) is 5.10 Å². The molecule has 0 atom stereocenters. The number of rotatable bonds is 6. The molecule has 2 aliphatic rings. The molecule has 1 saturated heterocycles. The van der Waals surface area contributed by atoms with Crippen molar-refractivity contribution >= 4 is 22.5 Å². The van der Waals surface area contributed by atoms with E-state index in [-0.39, 0.29) is 6.04 Å². The fraction of sp³-hybridized carbons (Fsp3) is 0.500. The molecule has 4 aromatic rings. The number of nitrogen functional groups attached to an aromatic ring is 2. The Morgan fingerprint density at radius 1 is 1.03 bits per heavy atom. The van der Waals surface area contributed by atoms with Crippen LogP contribution in [0.25, 0.3) is 22.3 Å². The molecule has 0 radical (unpaired) electrons. The van der Waals surface area contributed by atoms with Crippen LogP contribution in [0.4, 0.5) is 11.5 Å². The lowest BCUT2D eigenvalue weighted by molar-refractivity contribution is 0.0815. The number of ether oxygens (including phenoxy) is 1. The smallest absolute Gasteiger partial charge is 0.164 e. The Labute approximate surface area is 228 Å². The van der Waals surface area contributed by atoms with Gasteiger partial charge >= 0.3 is 0 Å². The summed E-state index contributed by atoms with van der Waals surface area (Å²) < 4.78 is 13.1. The van der Waals surface area contributed by atoms with Gasteiger partial charge in [0.1, 0.15) is 29.3 Å². The molecule has 0 unspecified atom stereocenters. The Morgan fingerprint density at radius 2 is 1.77 bits per heavy atom. The van der Waals surface area contributed by atoms with E-state index in [0.717, 1.165) is 85.5 Å². The van der Waals surface area contributed by atoms with Crippen LogP contribution in [0.1, 0.15) is 48.7 Å². The summed E-state index contributed by atoms with van der Waals surface area (Å²) >= 11 is 0. The maximum absolute atomic E-state index is 6.72. The molecular weight excluding hydrogens is 494 g/mol. The molecule has 2 fully saturated rings. The summed E-state index contributed by atoms with van der Waals surface area (Å²) in [7, 11) is 3.83. The van der Waals surface area contributed by atoms with E-state index in [2.05, 4.69) is 36.7 Å². The van der Waals surface area contributed by atoms with E-state index in [9.17, 15) is 0 Å². The normalized spacial score (nSPS) is 21.0. The van der Waals surface area contributed by atoms with Crippen molar-refractivity contribution in [1.82, 2.24) is 34.7 Å². The van der Waals surface area contributed by atoms with E-state index in [1.165, 1.54) is 6.33 Å². The van der Waals surface area contributed by atoms with Gasteiger partial charge < -0.3 is 25.6 Å². The summed E-state index contributed by atoms with van der Waals surface area (Å²) in [5, 5.41) is 9.94. The summed E-state index contributed by atoms with van der Waals surface area (Å²) in [6.07, 6.45) is 6.46. The van der Waals surface area contributed by atoms with Crippen molar-refractivity contribution in [3.63, 3.8) is 0 Å². The highest BCUT2D eigenvalue weighted by atomic mass is 16.5. The molecule has 3 aromatic heterocycles. The quantitative estimate of drug-likeness (QED) is 0.357. The number of likely N-dealkylation sites (N-methyl/N-ethyl adjacent to an activating group) is 1. The first-order valence-electron chi connectivity index (χ1n) is 13.7. The van der Waals surface area contributed by atoms with E-state index in [0.29, 0.717) is 35.4 Å². The average molecular weight is 532 g/mol. The van der Waals surface area contributed by atoms with Crippen LogP contribution in [0.15, 0.2) is 29.0 Å². The van der Waals surface area contributed by atoms with Gasteiger partial charge in [-0.25, -0.2) is 14.6 Å². The van der Waals surface area contributed by atoms with Crippen LogP contribution in [0.3, 0.4) is 0 Å². The number of aryl methyl sites for hydroxylation is 1. The topological polar surface area (TPSA) is 137 Å². The van der Waals surface area contributed by atoms with Gasteiger partial charge in [0.15, 0.2) is 5.65 Å². The average Bonchev–Trinajstić information content (AvgIpc) is 3.53. The van der Waals surface area contributed by atoms with Crippen LogP contribution >= 0.6 is 0 Å². The fourth-order valence-electron chi connectivity index (χ4n) is 6.22. The Bertz CT molecular complexity index is 1460. The number of hydrogen-bond acceptors (Lipinski definition) is 10. The molecule has 6 rings (SSSR count). The first-order chi connectivity index (χ1) is 18.9. The fourth-order valence-corrected chi connectivity index (χ4v) is 6.22. The number of nitrogens with two attached hydrogens (primary N) is 2. The highest BCUT2D eigenvalue weighted by Gasteiger charge is 2.31. The van der Waals surface area contributed by atoms with Crippen LogP contribution in [-0.2, 0) is 6.42 Å². The van der Waals surface area contributed by atoms with Crippen molar-refractivity contribution in [3.05, 3.63) is 41.5 Å². The van der Waals surface area contributed by atoms with Gasteiger partial charge in [0.2, 0.25) is 0 Å². The Morgan fingerprint density at radius 3 is 2.46 bits per heavy atom. The molecule has 11 heteroatoms. The zero-order valence-corrected chi connectivity index (χ0v) is 22.9. The molecule has 0 bridgehead atoms. The van der Waals surface area contributed by atoms with Crippen molar-refractivity contribution in [1.29, 1.82) is 0 Å². The van der Waals surface area contributed by atoms with Crippen LogP contribution in [0.5, 0.6) is 5.75 Å². The molecule has 0 amide bonds. The summed E-state index contributed by atoms with van der Waals surface area (Å²) in [6.45, 7) is 6.46. The molecule has 11 nitrogen and oxygen atoms in total. The minimum atomic E-state index is 0.247. The number of benzene rings is 1. The monoisotopic (exact) mass is 531 g/mol. The second-order valence-electron chi connectivity index (χ2n) is 10.9. The summed E-state index contributed by atoms with van der Waals surface area (Å²) in [4.78, 5) is 14.0. The van der Waals surface area contributed by atoms with Gasteiger partial charge in [-0.1, -0.05) is 17.3 Å². The standard InChI is InChI=1S/C28H37N9O2/c1-17-14-19(34-39-17)15-18-4-9-22(24(29)26(18)38-3)25-23-27(30)31-16-32-28(23)37(33-25)21-7-5-20(6-8-21)36-12-10-35(2)11-13-36/h4,9,14,16,20-21H,5-8,10-13,15,29H2,1-3H3,(H2,30,31,32). The van der Waals surface area contributed by atoms with Gasteiger partial charge in [-0.05, 0) is 39.7 Å². The maximum atomic E-state index is 6.72. The van der Waals surface area contributed by atoms with Crippen LogP contribution in [0, 0.1) is 6.92 Å². The Kier molecular flexibility index (Phi) is 6.86. The van der Waals surface area contributed by atoms with E-state index in [1.54, 1.807) is 7.11 Å². The number of fused-ring (bicyclic) bond motifs is 1. The second-order valence-corrected chi connectivity index (χ2v) is 10.9. The maximum Gasteiger partial charge on any atom is 0.164 e. The van der Waals surface area contributed by atoms with Gasteiger partial charge in [-0.3, -0.25) is 4.90 Å². The molecule has 1 aromatic carbocycles. The van der Waals surface area contributed by atoms with Crippen molar-refractivity contribution in [2.45, 2.75) is 51.1 Å². The molecule has 1 saturated carbocycles. The highest BCUT2D eigenvalue weighted by molar-refractivity contribution is 6.01. The number of methoxy groups -OCH3 is 1. The predicted octanol–water partition coefficient (Wildman–Crippen LogP) is 3.28. The van der Waals surface area contributed by atoms with E-state index in [4.69, 9.17) is 25.8 Å². The molecular formula is C28H37N9O2. The SMILES string of the molecule is COc1c(Cc2cc(C)on2)ccc(-c2nn(C3CCC(N4CCN(C)CC4)CC3)c3ncnc(N)c23)c1N. The minimum Gasteiger partial charge on any atom is -0.494 e. The zero-order chi connectivity index (χ0) is 27.1. The highest BCUT2D eigenvalue weighted by Crippen LogP contribution is 2.42. The number of piperazine rings is 1. The number of nitrogens with zero attached hydrogens (tertiary/aromatic N) is 7. The first-order valence-corrected chi connectivity index (χ1v) is 13.7. The van der Waals surface area contributed by atoms with Crippen LogP contribution < -0.4 is 16.2 Å². The summed E-state index contributed by atoms with van der Waals surface area (Å²) in [5.74, 6) is 1.76. The van der Waals surface area contributed by atoms with Gasteiger partial charge in [0.25, 0.3) is 0 Å². The van der Waals surface area contributed by atoms with Crippen LogP contribution in [-0.4, -0.2) is 81.1 Å².